The normalized spacial score (nSPS) is 34.7. The predicted octanol–water partition coefficient (Wildman–Crippen LogP) is 1.73. The van der Waals surface area contributed by atoms with E-state index in [2.05, 4.69) is 24.1 Å². The highest BCUT2D eigenvalue weighted by Gasteiger charge is 2.30. The summed E-state index contributed by atoms with van der Waals surface area (Å²) in [6.07, 6.45) is 3.39. The number of amides is 1. The molecule has 2 fully saturated rings. The molecule has 2 aliphatic rings. The van der Waals surface area contributed by atoms with Crippen molar-refractivity contribution in [3.8, 4) is 0 Å². The summed E-state index contributed by atoms with van der Waals surface area (Å²) >= 11 is 2.02. The van der Waals surface area contributed by atoms with Crippen molar-refractivity contribution in [2.24, 2.45) is 5.92 Å². The minimum atomic E-state index is 0.0827. The zero-order valence-electron chi connectivity index (χ0n) is 10.9. The number of thioether (sulfide) groups is 1. The number of nitrogens with one attached hydrogen (secondary N) is 1. The molecule has 2 aliphatic heterocycles. The second kappa shape index (κ2) is 6.10. The second-order valence-corrected chi connectivity index (χ2v) is 6.73. The van der Waals surface area contributed by atoms with Gasteiger partial charge in [0.1, 0.15) is 0 Å². The minimum Gasteiger partial charge on any atom is -0.339 e. The maximum absolute atomic E-state index is 12.4. The van der Waals surface area contributed by atoms with E-state index in [9.17, 15) is 4.79 Å². The van der Waals surface area contributed by atoms with Crippen LogP contribution in [0.3, 0.4) is 0 Å². The van der Waals surface area contributed by atoms with Crippen LogP contribution in [0.5, 0.6) is 0 Å². The Labute approximate surface area is 109 Å². The summed E-state index contributed by atoms with van der Waals surface area (Å²) in [6, 6.07) is 0.0827. The Balaban J connectivity index is 1.89. The molecular weight excluding hydrogens is 232 g/mol. The Hall–Kier alpha value is -0.220. The molecule has 3 atom stereocenters. The van der Waals surface area contributed by atoms with E-state index in [0.29, 0.717) is 17.1 Å². The summed E-state index contributed by atoms with van der Waals surface area (Å²) in [4.78, 5) is 14.5. The van der Waals surface area contributed by atoms with Crippen LogP contribution in [0.15, 0.2) is 0 Å². The highest BCUT2D eigenvalue weighted by Crippen LogP contribution is 2.23. The van der Waals surface area contributed by atoms with Crippen LogP contribution in [0.4, 0.5) is 0 Å². The van der Waals surface area contributed by atoms with Crippen LogP contribution in [-0.4, -0.2) is 47.5 Å². The number of rotatable bonds is 2. The van der Waals surface area contributed by atoms with Crippen LogP contribution in [0.2, 0.25) is 0 Å². The van der Waals surface area contributed by atoms with E-state index < -0.39 is 0 Å². The lowest BCUT2D eigenvalue weighted by atomic mass is 9.93. The zero-order valence-corrected chi connectivity index (χ0v) is 11.8. The SMILES string of the molecule is CCC1CN(C(=O)C2CC(C)CCN2)CCS1. The van der Waals surface area contributed by atoms with E-state index in [4.69, 9.17) is 0 Å². The van der Waals surface area contributed by atoms with Crippen molar-refractivity contribution in [3.63, 3.8) is 0 Å². The van der Waals surface area contributed by atoms with Crippen molar-refractivity contribution in [1.82, 2.24) is 10.2 Å². The quantitative estimate of drug-likeness (QED) is 0.816. The molecule has 3 nitrogen and oxygen atoms in total. The molecule has 17 heavy (non-hydrogen) atoms. The Morgan fingerprint density at radius 1 is 1.53 bits per heavy atom. The molecule has 4 heteroatoms. The van der Waals surface area contributed by atoms with E-state index in [1.807, 2.05) is 11.8 Å². The third-order valence-corrected chi connectivity index (χ3v) is 5.24. The fourth-order valence-electron chi connectivity index (χ4n) is 2.68. The van der Waals surface area contributed by atoms with Crippen molar-refractivity contribution in [1.29, 1.82) is 0 Å². The summed E-state index contributed by atoms with van der Waals surface area (Å²) < 4.78 is 0. The summed E-state index contributed by atoms with van der Waals surface area (Å²) in [6.45, 7) is 7.35. The van der Waals surface area contributed by atoms with Gasteiger partial charge in [-0.05, 0) is 31.7 Å². The molecule has 1 amide bonds. The number of nitrogens with zero attached hydrogens (tertiary/aromatic N) is 1. The van der Waals surface area contributed by atoms with Crippen LogP contribution in [0.1, 0.15) is 33.1 Å². The topological polar surface area (TPSA) is 32.3 Å². The van der Waals surface area contributed by atoms with Gasteiger partial charge in [0.25, 0.3) is 0 Å². The fourth-order valence-corrected chi connectivity index (χ4v) is 3.86. The van der Waals surface area contributed by atoms with Crippen molar-refractivity contribution >= 4 is 17.7 Å². The molecule has 0 aliphatic carbocycles. The van der Waals surface area contributed by atoms with E-state index in [1.165, 1.54) is 12.8 Å². The largest absolute Gasteiger partial charge is 0.339 e. The van der Waals surface area contributed by atoms with Gasteiger partial charge in [0.05, 0.1) is 6.04 Å². The zero-order chi connectivity index (χ0) is 12.3. The lowest BCUT2D eigenvalue weighted by molar-refractivity contribution is -0.134. The average molecular weight is 256 g/mol. The lowest BCUT2D eigenvalue weighted by Gasteiger charge is -2.36. The molecule has 2 saturated heterocycles. The van der Waals surface area contributed by atoms with Crippen molar-refractivity contribution in [3.05, 3.63) is 0 Å². The molecule has 3 unspecified atom stereocenters. The van der Waals surface area contributed by atoms with Crippen molar-refractivity contribution in [2.45, 2.75) is 44.4 Å². The summed E-state index contributed by atoms with van der Waals surface area (Å²) in [7, 11) is 0. The standard InChI is InChI=1S/C13H24N2OS/c1-3-11-9-15(6-7-17-11)13(16)12-8-10(2)4-5-14-12/h10-12,14H,3-9H2,1-2H3. The number of carbonyl (C=O) groups is 1. The smallest absolute Gasteiger partial charge is 0.239 e. The Bertz CT molecular complexity index is 272. The van der Waals surface area contributed by atoms with Gasteiger partial charge in [0, 0.05) is 24.1 Å². The van der Waals surface area contributed by atoms with Gasteiger partial charge in [-0.2, -0.15) is 11.8 Å². The van der Waals surface area contributed by atoms with Crippen LogP contribution in [-0.2, 0) is 4.79 Å². The maximum atomic E-state index is 12.4. The number of hydrogen-bond acceptors (Lipinski definition) is 3. The molecule has 2 heterocycles. The van der Waals surface area contributed by atoms with Gasteiger partial charge in [0.15, 0.2) is 0 Å². The Morgan fingerprint density at radius 2 is 2.35 bits per heavy atom. The highest BCUT2D eigenvalue weighted by atomic mass is 32.2. The average Bonchev–Trinajstić information content (AvgIpc) is 2.38. The number of hydrogen-bond donors (Lipinski definition) is 1. The second-order valence-electron chi connectivity index (χ2n) is 5.32. The first-order valence-corrected chi connectivity index (χ1v) is 7.89. The summed E-state index contributed by atoms with van der Waals surface area (Å²) in [5.74, 6) is 2.13. The first-order valence-electron chi connectivity index (χ1n) is 6.84. The molecule has 0 radical (unpaired) electrons. The third-order valence-electron chi connectivity index (χ3n) is 3.87. The van der Waals surface area contributed by atoms with Crippen molar-refractivity contribution < 1.29 is 4.79 Å². The minimum absolute atomic E-state index is 0.0827. The molecule has 0 aromatic carbocycles. The molecule has 0 spiro atoms. The maximum Gasteiger partial charge on any atom is 0.239 e. The van der Waals surface area contributed by atoms with E-state index in [0.717, 1.165) is 31.8 Å². The Morgan fingerprint density at radius 3 is 3.06 bits per heavy atom. The van der Waals surface area contributed by atoms with Gasteiger partial charge in [0.2, 0.25) is 5.91 Å². The molecule has 0 aromatic rings. The van der Waals surface area contributed by atoms with Gasteiger partial charge < -0.3 is 10.2 Å². The predicted molar refractivity (Wildman–Crippen MR) is 73.3 cm³/mol. The van der Waals surface area contributed by atoms with E-state index in [-0.39, 0.29) is 6.04 Å². The van der Waals surface area contributed by atoms with Gasteiger partial charge in [-0.25, -0.2) is 0 Å². The van der Waals surface area contributed by atoms with Gasteiger partial charge in [-0.3, -0.25) is 4.79 Å². The van der Waals surface area contributed by atoms with Crippen LogP contribution in [0, 0.1) is 5.92 Å². The molecular formula is C13H24N2OS. The van der Waals surface area contributed by atoms with E-state index >= 15 is 0 Å². The van der Waals surface area contributed by atoms with Crippen molar-refractivity contribution in [2.75, 3.05) is 25.4 Å². The van der Waals surface area contributed by atoms with E-state index in [1.54, 1.807) is 0 Å². The number of carbonyl (C=O) groups excluding carboxylic acids is 1. The molecule has 0 saturated carbocycles. The lowest BCUT2D eigenvalue weighted by Crippen LogP contribution is -2.53. The third kappa shape index (κ3) is 3.38. The van der Waals surface area contributed by atoms with Gasteiger partial charge in [-0.15, -0.1) is 0 Å². The van der Waals surface area contributed by atoms with Crippen LogP contribution in [0.25, 0.3) is 0 Å². The number of piperidine rings is 1. The molecule has 1 N–H and O–H groups in total. The Kier molecular flexibility index (Phi) is 4.74. The van der Waals surface area contributed by atoms with Gasteiger partial charge >= 0.3 is 0 Å². The van der Waals surface area contributed by atoms with Gasteiger partial charge in [-0.1, -0.05) is 13.8 Å². The monoisotopic (exact) mass is 256 g/mol. The first-order chi connectivity index (χ1) is 8.20. The van der Waals surface area contributed by atoms with Crippen LogP contribution < -0.4 is 5.32 Å². The molecule has 0 bridgehead atoms. The first kappa shape index (κ1) is 13.2. The molecule has 98 valence electrons. The highest BCUT2D eigenvalue weighted by molar-refractivity contribution is 8.00. The van der Waals surface area contributed by atoms with Crippen LogP contribution >= 0.6 is 11.8 Å². The summed E-state index contributed by atoms with van der Waals surface area (Å²) in [5, 5.41) is 4.03. The molecule has 0 aromatic heterocycles. The fraction of sp³-hybridized carbons (Fsp3) is 0.923. The molecule has 2 rings (SSSR count). The summed E-state index contributed by atoms with van der Waals surface area (Å²) in [5.41, 5.74) is 0.